The molecular formula is C74H96N10O19. The predicted octanol–water partition coefficient (Wildman–Crippen LogP) is 8.98. The molecule has 29 nitrogen and oxygen atoms in total. The van der Waals surface area contributed by atoms with Gasteiger partial charge in [-0.15, -0.1) is 6.58 Å². The van der Waals surface area contributed by atoms with Gasteiger partial charge in [-0.25, -0.2) is 14.4 Å². The van der Waals surface area contributed by atoms with Crippen molar-refractivity contribution in [1.29, 1.82) is 0 Å². The number of ether oxygens (including phenoxy) is 7. The highest BCUT2D eigenvalue weighted by Crippen LogP contribution is 2.38. The second-order valence-electron chi connectivity index (χ2n) is 25.4. The number of alkyl carbamates (subject to hydrolysis) is 1. The SMILES string of the molecule is C=CCCC(=O)NC(C(=O)N[C@@H](C)C(=O)Nc1ccc(COC(=O)Nc2cc(OCCCCCOc3cc(NC(=O)OCc4ccc(NC(=O)[C@H](C)NC(=O)[C@@H](NC(=O)OCC=C)C(C)C)cc4)c(C(=O)N4C=C(C)CC4CO)cc3OC)c(OC)cc2C(=O)N2C=C(C)C[C@H]2CO)cc1)C(C)C. The van der Waals surface area contributed by atoms with Crippen molar-refractivity contribution < 1.29 is 91.3 Å². The lowest BCUT2D eigenvalue weighted by molar-refractivity contribution is -0.131. The maximum atomic E-state index is 14.3. The van der Waals surface area contributed by atoms with E-state index in [4.69, 9.17) is 33.2 Å². The van der Waals surface area contributed by atoms with Crippen molar-refractivity contribution in [3.8, 4) is 23.0 Å². The van der Waals surface area contributed by atoms with Crippen LogP contribution in [0, 0.1) is 11.8 Å². The number of hydrogen-bond donors (Lipinski definition) is 10. The van der Waals surface area contributed by atoms with Gasteiger partial charge in [0.2, 0.25) is 29.5 Å². The number of hydrogen-bond acceptors (Lipinski definition) is 19. The molecule has 4 aromatic carbocycles. The topological polar surface area (TPSA) is 378 Å². The van der Waals surface area contributed by atoms with E-state index >= 15 is 0 Å². The van der Waals surface area contributed by atoms with Crippen LogP contribution in [0.4, 0.5) is 37.1 Å². The lowest BCUT2D eigenvalue weighted by atomic mass is 10.0. The van der Waals surface area contributed by atoms with E-state index in [1.807, 2.05) is 13.8 Å². The van der Waals surface area contributed by atoms with Crippen LogP contribution in [0.3, 0.4) is 0 Å². The molecule has 2 heterocycles. The average Bonchev–Trinajstić information content (AvgIpc) is 1.79. The van der Waals surface area contributed by atoms with Gasteiger partial charge in [0.05, 0.1) is 75.2 Å². The van der Waals surface area contributed by atoms with E-state index in [9.17, 15) is 58.2 Å². The van der Waals surface area contributed by atoms with Gasteiger partial charge in [-0.3, -0.25) is 44.2 Å². The zero-order chi connectivity index (χ0) is 75.4. The van der Waals surface area contributed by atoms with Gasteiger partial charge in [-0.1, -0.05) is 81.8 Å². The van der Waals surface area contributed by atoms with Crippen molar-refractivity contribution in [3.63, 3.8) is 0 Å². The molecule has 0 bridgehead atoms. The highest BCUT2D eigenvalue weighted by Gasteiger charge is 2.34. The summed E-state index contributed by atoms with van der Waals surface area (Å²) in [7, 11) is 2.80. The summed E-state index contributed by atoms with van der Waals surface area (Å²) in [5, 5.41) is 41.7. The Morgan fingerprint density at radius 1 is 0.515 bits per heavy atom. The molecule has 0 saturated carbocycles. The molecule has 10 amide bonds. The summed E-state index contributed by atoms with van der Waals surface area (Å²) in [6.45, 7) is 19.9. The van der Waals surface area contributed by atoms with Crippen LogP contribution in [0.2, 0.25) is 0 Å². The minimum atomic E-state index is -1.00. The number of amides is 10. The van der Waals surface area contributed by atoms with Gasteiger partial charge in [0.25, 0.3) is 11.8 Å². The number of anilines is 4. The number of nitrogens with one attached hydrogen (secondary N) is 8. The molecule has 0 aliphatic carbocycles. The first-order chi connectivity index (χ1) is 49.2. The highest BCUT2D eigenvalue weighted by atomic mass is 16.6. The fourth-order valence-corrected chi connectivity index (χ4v) is 10.8. The summed E-state index contributed by atoms with van der Waals surface area (Å²) < 4.78 is 39.9. The van der Waals surface area contributed by atoms with E-state index in [2.05, 4.69) is 55.7 Å². The molecule has 2 aliphatic rings. The first-order valence-electron chi connectivity index (χ1n) is 33.8. The highest BCUT2D eigenvalue weighted by molar-refractivity contribution is 6.06. The molecule has 103 heavy (non-hydrogen) atoms. The first-order valence-corrected chi connectivity index (χ1v) is 33.8. The van der Waals surface area contributed by atoms with Crippen molar-refractivity contribution in [3.05, 3.63) is 144 Å². The number of benzene rings is 4. The van der Waals surface area contributed by atoms with Gasteiger partial charge in [0.15, 0.2) is 23.0 Å². The van der Waals surface area contributed by atoms with Crippen LogP contribution in [0.25, 0.3) is 0 Å². The van der Waals surface area contributed by atoms with Crippen molar-refractivity contribution >= 4 is 82.4 Å². The molecule has 4 aromatic rings. The molecule has 0 fully saturated rings. The van der Waals surface area contributed by atoms with Crippen LogP contribution in [0.15, 0.2) is 122 Å². The molecule has 556 valence electrons. The normalized spacial score (nSPS) is 15.0. The van der Waals surface area contributed by atoms with Gasteiger partial charge in [-0.2, -0.15) is 0 Å². The number of carbonyl (C=O) groups is 10. The van der Waals surface area contributed by atoms with Crippen LogP contribution >= 0.6 is 0 Å². The largest absolute Gasteiger partial charge is 0.493 e. The number of aliphatic hydroxyl groups is 2. The Hall–Kier alpha value is -10.9. The van der Waals surface area contributed by atoms with E-state index in [1.165, 1.54) is 68.2 Å². The number of unbranched alkanes of at least 4 members (excludes halogenated alkanes) is 2. The van der Waals surface area contributed by atoms with E-state index in [1.54, 1.807) is 94.7 Å². The molecule has 2 aliphatic heterocycles. The Morgan fingerprint density at radius 2 is 0.932 bits per heavy atom. The molecule has 0 aromatic heterocycles. The van der Waals surface area contributed by atoms with Gasteiger partial charge in [0, 0.05) is 42.3 Å². The predicted molar refractivity (Wildman–Crippen MR) is 384 cm³/mol. The van der Waals surface area contributed by atoms with Crippen LogP contribution < -0.4 is 61.5 Å². The Kier molecular flexibility index (Phi) is 31.4. The minimum Gasteiger partial charge on any atom is -0.493 e. The number of rotatable bonds is 37. The molecule has 10 N–H and O–H groups in total. The monoisotopic (exact) mass is 1430 g/mol. The molecule has 2 unspecified atom stereocenters. The molecule has 6 atom stereocenters. The third-order valence-electron chi connectivity index (χ3n) is 16.4. The second-order valence-corrected chi connectivity index (χ2v) is 25.4. The zero-order valence-electron chi connectivity index (χ0n) is 59.9. The Morgan fingerprint density at radius 3 is 1.31 bits per heavy atom. The quantitative estimate of drug-likeness (QED) is 0.0114. The number of aliphatic hydroxyl groups excluding tert-OH is 2. The van der Waals surface area contributed by atoms with Gasteiger partial charge in [-0.05, 0) is 126 Å². The third-order valence-corrected chi connectivity index (χ3v) is 16.4. The third kappa shape index (κ3) is 24.1. The maximum Gasteiger partial charge on any atom is 0.411 e. The van der Waals surface area contributed by atoms with Crippen molar-refractivity contribution in [1.82, 2.24) is 31.1 Å². The zero-order valence-corrected chi connectivity index (χ0v) is 59.9. The Balaban J connectivity index is 1.06. The summed E-state index contributed by atoms with van der Waals surface area (Å²) in [6, 6.07) is 13.6. The van der Waals surface area contributed by atoms with Crippen molar-refractivity contribution in [2.75, 3.05) is 68.5 Å². The number of carbonyl (C=O) groups excluding carboxylic acids is 10. The van der Waals surface area contributed by atoms with Crippen LogP contribution in [-0.2, 0) is 51.4 Å². The second kappa shape index (κ2) is 39.9. The van der Waals surface area contributed by atoms with Gasteiger partial charge >= 0.3 is 18.3 Å². The summed E-state index contributed by atoms with van der Waals surface area (Å²) >= 11 is 0. The summed E-state index contributed by atoms with van der Waals surface area (Å²) in [5.41, 5.74) is 3.63. The number of methoxy groups -OCH3 is 2. The Bertz CT molecular complexity index is 3510. The van der Waals surface area contributed by atoms with Crippen molar-refractivity contribution in [2.45, 2.75) is 150 Å². The molecule has 0 radical (unpaired) electrons. The van der Waals surface area contributed by atoms with E-state index in [0.717, 1.165) is 11.1 Å². The van der Waals surface area contributed by atoms with E-state index in [-0.39, 0.29) is 116 Å². The minimum absolute atomic E-state index is 0.0146. The van der Waals surface area contributed by atoms with Crippen LogP contribution in [-0.4, -0.2) is 163 Å². The van der Waals surface area contributed by atoms with Crippen LogP contribution in [0.5, 0.6) is 23.0 Å². The van der Waals surface area contributed by atoms with Gasteiger partial charge in [0.1, 0.15) is 44.0 Å². The fraction of sp³-hybridized carbons (Fsp3) is 0.432. The fourth-order valence-electron chi connectivity index (χ4n) is 10.8. The molecule has 0 saturated heterocycles. The summed E-state index contributed by atoms with van der Waals surface area (Å²) in [5.74, 6) is -3.41. The van der Waals surface area contributed by atoms with Crippen LogP contribution in [0.1, 0.15) is 132 Å². The lowest BCUT2D eigenvalue weighted by Gasteiger charge is -2.24. The summed E-state index contributed by atoms with van der Waals surface area (Å²) in [6.07, 6.45) is 6.60. The number of nitrogens with zero attached hydrogens (tertiary/aromatic N) is 2. The molecule has 29 heteroatoms. The first kappa shape index (κ1) is 81.0. The van der Waals surface area contributed by atoms with Crippen molar-refractivity contribution in [2.24, 2.45) is 11.8 Å². The number of allylic oxidation sites excluding steroid dienone is 1. The standard InChI is InChI=1S/C74H96N10O19/c1-13-15-19-63(87)81-64(43(3)4)68(90)75-47(9)66(88)77-51-24-20-49(21-25-51)41-102-72(94)79-57-35-61(59(97-11)33-55(57)70(92)83-37-45(7)31-53(83)39-85)99-29-17-16-18-30-100-62-36-58(56(34-60(62)98-12)71(93)84-38-46(8)32-54(84)40-86)80-73(95)103-42-50-22-26-52(27-23-50)78-67(89)48(10)76-69(91)65(44(5)6)82-74(96)101-28-14-2/h13-14,20-27,33-38,43-44,47-48,53-54,64-65,85-86H,1-2,15-19,28-32,39-42H2,3-12H3,(H,75,90)(H,76,91)(H,77,88)(H,78,89)(H,79,94)(H,80,95)(H,81,87)(H,82,96)/t47-,48-,53-,54?,64?,65-/m0/s1. The van der Waals surface area contributed by atoms with E-state index < -0.39 is 90.0 Å². The molecule has 6 rings (SSSR count). The smallest absolute Gasteiger partial charge is 0.411 e. The average molecular weight is 1430 g/mol. The molecular weight excluding hydrogens is 1330 g/mol. The van der Waals surface area contributed by atoms with E-state index in [0.29, 0.717) is 61.0 Å². The van der Waals surface area contributed by atoms with Gasteiger partial charge < -0.3 is 85.1 Å². The molecule has 0 spiro atoms. The summed E-state index contributed by atoms with van der Waals surface area (Å²) in [4.78, 5) is 135. The lowest BCUT2D eigenvalue weighted by Crippen LogP contribution is -2.53. The maximum absolute atomic E-state index is 14.3. The Labute approximate surface area is 599 Å².